The van der Waals surface area contributed by atoms with E-state index in [1.165, 1.54) is 0 Å². The lowest BCUT2D eigenvalue weighted by molar-refractivity contribution is 0.102. The monoisotopic (exact) mass is 366 g/mol. The maximum absolute atomic E-state index is 12.8. The van der Waals surface area contributed by atoms with Gasteiger partial charge in [0.05, 0.1) is 11.3 Å². The Morgan fingerprint density at radius 1 is 1.08 bits per heavy atom. The van der Waals surface area contributed by atoms with Crippen LogP contribution in [0.4, 0.5) is 5.69 Å². The maximum atomic E-state index is 12.8. The van der Waals surface area contributed by atoms with Crippen molar-refractivity contribution in [3.63, 3.8) is 0 Å². The Kier molecular flexibility index (Phi) is 5.47. The number of amides is 1. The Hall–Kier alpha value is -2.53. The lowest BCUT2D eigenvalue weighted by atomic mass is 10.1. The summed E-state index contributed by atoms with van der Waals surface area (Å²) in [7, 11) is 0. The summed E-state index contributed by atoms with van der Waals surface area (Å²) < 4.78 is 5.22. The average molecular weight is 366 g/mol. The Labute approximate surface area is 158 Å². The number of hydrogen-bond donors (Lipinski definition) is 1. The molecular formula is C21H22N2O2S. The molecule has 0 spiro atoms. The van der Waals surface area contributed by atoms with Gasteiger partial charge in [-0.15, -0.1) is 11.8 Å². The molecule has 4 nitrogen and oxygen atoms in total. The molecule has 3 rings (SSSR count). The molecular weight excluding hydrogens is 344 g/mol. The van der Waals surface area contributed by atoms with Crippen LogP contribution in [-0.2, 0) is 5.75 Å². The molecule has 1 heterocycles. The number of hydrogen-bond acceptors (Lipinski definition) is 4. The first-order chi connectivity index (χ1) is 12.4. The summed E-state index contributed by atoms with van der Waals surface area (Å²) in [6.45, 7) is 7.89. The van der Waals surface area contributed by atoms with Gasteiger partial charge in [-0.05, 0) is 63.1 Å². The predicted molar refractivity (Wildman–Crippen MR) is 106 cm³/mol. The Morgan fingerprint density at radius 2 is 1.77 bits per heavy atom. The van der Waals surface area contributed by atoms with Crippen LogP contribution in [0.1, 0.15) is 38.5 Å². The molecule has 0 bridgehead atoms. The number of nitrogens with one attached hydrogen (secondary N) is 1. The summed E-state index contributed by atoms with van der Waals surface area (Å²) in [5.74, 6) is 1.44. The zero-order valence-electron chi connectivity index (χ0n) is 15.4. The number of benzene rings is 2. The SMILES string of the molecule is Cc1cc(C)cc(NC(=O)c2ccccc2SCc2c(C)noc2C)c1. The van der Waals surface area contributed by atoms with E-state index in [-0.39, 0.29) is 5.91 Å². The van der Waals surface area contributed by atoms with Crippen molar-refractivity contribution in [3.8, 4) is 0 Å². The smallest absolute Gasteiger partial charge is 0.256 e. The normalized spacial score (nSPS) is 10.8. The first kappa shape index (κ1) is 18.3. The number of aryl methyl sites for hydroxylation is 4. The highest BCUT2D eigenvalue weighted by molar-refractivity contribution is 7.98. The Bertz CT molecular complexity index is 907. The van der Waals surface area contributed by atoms with Crippen LogP contribution in [0, 0.1) is 27.7 Å². The molecule has 2 aromatic carbocycles. The van der Waals surface area contributed by atoms with E-state index in [2.05, 4.69) is 16.5 Å². The van der Waals surface area contributed by atoms with Crippen LogP contribution in [0.5, 0.6) is 0 Å². The molecule has 0 atom stereocenters. The second-order valence-electron chi connectivity index (χ2n) is 6.42. The van der Waals surface area contributed by atoms with E-state index in [9.17, 15) is 4.79 Å². The molecule has 0 radical (unpaired) electrons. The predicted octanol–water partition coefficient (Wildman–Crippen LogP) is 5.45. The second-order valence-corrected chi connectivity index (χ2v) is 7.44. The third-order valence-corrected chi connectivity index (χ3v) is 5.26. The van der Waals surface area contributed by atoms with Crippen molar-refractivity contribution in [1.82, 2.24) is 5.16 Å². The van der Waals surface area contributed by atoms with Gasteiger partial charge in [0.25, 0.3) is 5.91 Å². The molecule has 5 heteroatoms. The molecule has 0 unspecified atom stereocenters. The molecule has 3 aromatic rings. The first-order valence-electron chi connectivity index (χ1n) is 8.47. The molecule has 0 saturated carbocycles. The van der Waals surface area contributed by atoms with Crippen LogP contribution in [0.2, 0.25) is 0 Å². The average Bonchev–Trinajstić information content (AvgIpc) is 2.90. The van der Waals surface area contributed by atoms with E-state index >= 15 is 0 Å². The van der Waals surface area contributed by atoms with Gasteiger partial charge < -0.3 is 9.84 Å². The fourth-order valence-corrected chi connectivity index (χ4v) is 4.09. The quantitative estimate of drug-likeness (QED) is 0.610. The minimum absolute atomic E-state index is 0.100. The van der Waals surface area contributed by atoms with Crippen LogP contribution in [0.15, 0.2) is 51.9 Å². The minimum Gasteiger partial charge on any atom is -0.361 e. The van der Waals surface area contributed by atoms with E-state index in [1.807, 2.05) is 64.1 Å². The number of nitrogens with zero attached hydrogens (tertiary/aromatic N) is 1. The summed E-state index contributed by atoms with van der Waals surface area (Å²) in [4.78, 5) is 13.7. The van der Waals surface area contributed by atoms with Gasteiger partial charge in [-0.25, -0.2) is 0 Å². The Balaban J connectivity index is 1.79. The lowest BCUT2D eigenvalue weighted by Crippen LogP contribution is -2.13. The minimum atomic E-state index is -0.100. The van der Waals surface area contributed by atoms with Gasteiger partial charge in [-0.3, -0.25) is 4.79 Å². The van der Waals surface area contributed by atoms with Crippen molar-refractivity contribution in [2.24, 2.45) is 0 Å². The number of aromatic nitrogens is 1. The van der Waals surface area contributed by atoms with Gasteiger partial charge in [0.1, 0.15) is 5.76 Å². The fourth-order valence-electron chi connectivity index (χ4n) is 2.88. The maximum Gasteiger partial charge on any atom is 0.256 e. The van der Waals surface area contributed by atoms with Crippen molar-refractivity contribution in [2.75, 3.05) is 5.32 Å². The van der Waals surface area contributed by atoms with Gasteiger partial charge in [-0.2, -0.15) is 0 Å². The van der Waals surface area contributed by atoms with E-state index in [4.69, 9.17) is 4.52 Å². The molecule has 1 aromatic heterocycles. The van der Waals surface area contributed by atoms with Gasteiger partial charge in [0.15, 0.2) is 0 Å². The van der Waals surface area contributed by atoms with Crippen molar-refractivity contribution in [3.05, 3.63) is 76.2 Å². The number of carbonyl (C=O) groups is 1. The second kappa shape index (κ2) is 7.79. The van der Waals surface area contributed by atoms with Crippen LogP contribution in [0.25, 0.3) is 0 Å². The summed E-state index contributed by atoms with van der Waals surface area (Å²) in [5, 5.41) is 7.00. The van der Waals surface area contributed by atoms with Gasteiger partial charge in [0.2, 0.25) is 0 Å². The van der Waals surface area contributed by atoms with Crippen LogP contribution < -0.4 is 5.32 Å². The molecule has 134 valence electrons. The van der Waals surface area contributed by atoms with E-state index < -0.39 is 0 Å². The zero-order chi connectivity index (χ0) is 18.7. The molecule has 0 aliphatic rings. The fraction of sp³-hybridized carbons (Fsp3) is 0.238. The largest absolute Gasteiger partial charge is 0.361 e. The summed E-state index contributed by atoms with van der Waals surface area (Å²) in [6, 6.07) is 13.7. The van der Waals surface area contributed by atoms with Crippen molar-refractivity contribution < 1.29 is 9.32 Å². The lowest BCUT2D eigenvalue weighted by Gasteiger charge is -2.11. The zero-order valence-corrected chi connectivity index (χ0v) is 16.2. The third kappa shape index (κ3) is 4.17. The highest BCUT2D eigenvalue weighted by atomic mass is 32.2. The topological polar surface area (TPSA) is 55.1 Å². The van der Waals surface area contributed by atoms with Crippen LogP contribution in [0.3, 0.4) is 0 Å². The highest BCUT2D eigenvalue weighted by Crippen LogP contribution is 2.29. The molecule has 1 amide bonds. The Morgan fingerprint density at radius 3 is 2.42 bits per heavy atom. The van der Waals surface area contributed by atoms with E-state index in [0.29, 0.717) is 5.56 Å². The number of anilines is 1. The van der Waals surface area contributed by atoms with Gasteiger partial charge >= 0.3 is 0 Å². The van der Waals surface area contributed by atoms with Crippen LogP contribution >= 0.6 is 11.8 Å². The standard InChI is InChI=1S/C21H22N2O2S/c1-13-9-14(2)11-17(10-13)22-21(24)18-7-5-6-8-20(18)26-12-19-15(3)23-25-16(19)4/h5-11H,12H2,1-4H3,(H,22,24). The number of carbonyl (C=O) groups excluding carboxylic acids is 1. The molecule has 0 saturated heterocycles. The van der Waals surface area contributed by atoms with Crippen LogP contribution in [-0.4, -0.2) is 11.1 Å². The first-order valence-corrected chi connectivity index (χ1v) is 9.46. The number of thioether (sulfide) groups is 1. The molecule has 0 fully saturated rings. The summed E-state index contributed by atoms with van der Waals surface area (Å²) >= 11 is 1.62. The van der Waals surface area contributed by atoms with E-state index in [1.54, 1.807) is 11.8 Å². The van der Waals surface area contributed by atoms with Crippen molar-refractivity contribution in [2.45, 2.75) is 38.3 Å². The third-order valence-electron chi connectivity index (χ3n) is 4.16. The molecule has 26 heavy (non-hydrogen) atoms. The highest BCUT2D eigenvalue weighted by Gasteiger charge is 2.14. The summed E-state index contributed by atoms with van der Waals surface area (Å²) in [6.07, 6.45) is 0. The molecule has 1 N–H and O–H groups in total. The molecule has 0 aliphatic carbocycles. The van der Waals surface area contributed by atoms with E-state index in [0.717, 1.165) is 44.5 Å². The summed E-state index contributed by atoms with van der Waals surface area (Å²) in [5.41, 5.74) is 5.72. The van der Waals surface area contributed by atoms with Gasteiger partial charge in [0, 0.05) is 21.9 Å². The van der Waals surface area contributed by atoms with Crippen molar-refractivity contribution in [1.29, 1.82) is 0 Å². The van der Waals surface area contributed by atoms with Crippen molar-refractivity contribution >= 4 is 23.4 Å². The number of rotatable bonds is 5. The van der Waals surface area contributed by atoms with Gasteiger partial charge in [-0.1, -0.05) is 23.4 Å². The molecule has 0 aliphatic heterocycles.